The second kappa shape index (κ2) is 5.66. The van der Waals surface area contributed by atoms with Crippen molar-refractivity contribution in [3.8, 4) is 17.3 Å². The molecule has 0 N–H and O–H groups in total. The molecule has 120 valence electrons. The summed E-state index contributed by atoms with van der Waals surface area (Å²) in [5, 5.41) is 0. The van der Waals surface area contributed by atoms with E-state index in [0.717, 1.165) is 11.0 Å². The molecule has 0 aliphatic heterocycles. The molecule has 2 heterocycles. The fourth-order valence-electron chi connectivity index (χ4n) is 2.48. The van der Waals surface area contributed by atoms with Gasteiger partial charge in [-0.2, -0.15) is 0 Å². The third-order valence-corrected chi connectivity index (χ3v) is 5.55. The van der Waals surface area contributed by atoms with E-state index in [9.17, 15) is 8.42 Å². The summed E-state index contributed by atoms with van der Waals surface area (Å²) in [4.78, 5) is 9.03. The minimum Gasteiger partial charge on any atom is -0.497 e. The summed E-state index contributed by atoms with van der Waals surface area (Å²) in [6, 6.07) is 8.74. The topological polar surface area (TPSA) is 74.1 Å². The van der Waals surface area contributed by atoms with Crippen molar-refractivity contribution in [2.45, 2.75) is 11.8 Å². The first kappa shape index (κ1) is 15.5. The standard InChI is InChI=1S/C16H17N3O3S/c1-4-23(20,21)14-6-5-9-17-15(14)16-18-12-10-11(22-3)7-8-13(12)19(16)2/h5-10H,4H2,1-3H3. The molecule has 0 fully saturated rings. The highest BCUT2D eigenvalue weighted by molar-refractivity contribution is 7.91. The van der Waals surface area contributed by atoms with Crippen LogP contribution in [0.5, 0.6) is 5.75 Å². The molecular weight excluding hydrogens is 314 g/mol. The number of ether oxygens (including phenoxy) is 1. The van der Waals surface area contributed by atoms with Gasteiger partial charge in [-0.05, 0) is 24.3 Å². The fraction of sp³-hybridized carbons (Fsp3) is 0.250. The number of imidazole rings is 1. The van der Waals surface area contributed by atoms with Crippen molar-refractivity contribution in [1.29, 1.82) is 0 Å². The van der Waals surface area contributed by atoms with Crippen LogP contribution in [0.3, 0.4) is 0 Å². The number of aromatic nitrogens is 3. The molecule has 7 heteroatoms. The molecule has 1 aromatic carbocycles. The van der Waals surface area contributed by atoms with E-state index in [0.29, 0.717) is 17.3 Å². The highest BCUT2D eigenvalue weighted by Gasteiger charge is 2.22. The van der Waals surface area contributed by atoms with Gasteiger partial charge >= 0.3 is 0 Å². The summed E-state index contributed by atoms with van der Waals surface area (Å²) in [7, 11) is 0.0498. The number of hydrogen-bond donors (Lipinski definition) is 0. The van der Waals surface area contributed by atoms with Gasteiger partial charge in [0.1, 0.15) is 11.4 Å². The van der Waals surface area contributed by atoms with Crippen LogP contribution in [0.1, 0.15) is 6.92 Å². The zero-order valence-corrected chi connectivity index (χ0v) is 14.0. The summed E-state index contributed by atoms with van der Waals surface area (Å²) < 4.78 is 31.7. The van der Waals surface area contributed by atoms with Crippen molar-refractivity contribution in [2.24, 2.45) is 7.05 Å². The zero-order valence-electron chi connectivity index (χ0n) is 13.1. The lowest BCUT2D eigenvalue weighted by molar-refractivity contribution is 0.415. The molecule has 0 radical (unpaired) electrons. The number of pyridine rings is 1. The van der Waals surface area contributed by atoms with Crippen molar-refractivity contribution >= 4 is 20.9 Å². The van der Waals surface area contributed by atoms with E-state index in [1.54, 1.807) is 32.4 Å². The molecule has 0 unspecified atom stereocenters. The molecule has 0 spiro atoms. The molecule has 2 aromatic heterocycles. The second-order valence-corrected chi connectivity index (χ2v) is 7.35. The summed E-state index contributed by atoms with van der Waals surface area (Å²) in [5.74, 6) is 1.23. The molecule has 0 aliphatic carbocycles. The first-order valence-electron chi connectivity index (χ1n) is 7.16. The minimum absolute atomic E-state index is 0.0173. The lowest BCUT2D eigenvalue weighted by Gasteiger charge is -2.08. The first-order chi connectivity index (χ1) is 11.0. The number of hydrogen-bond acceptors (Lipinski definition) is 5. The highest BCUT2D eigenvalue weighted by atomic mass is 32.2. The van der Waals surface area contributed by atoms with Gasteiger partial charge in [0.25, 0.3) is 0 Å². The van der Waals surface area contributed by atoms with Crippen molar-refractivity contribution in [2.75, 3.05) is 12.9 Å². The van der Waals surface area contributed by atoms with E-state index in [2.05, 4.69) is 9.97 Å². The van der Waals surface area contributed by atoms with E-state index < -0.39 is 9.84 Å². The zero-order chi connectivity index (χ0) is 16.6. The maximum absolute atomic E-state index is 12.3. The Morgan fingerprint density at radius 3 is 2.74 bits per heavy atom. The number of sulfone groups is 1. The van der Waals surface area contributed by atoms with Crippen molar-refractivity contribution in [1.82, 2.24) is 14.5 Å². The lowest BCUT2D eigenvalue weighted by atomic mass is 10.3. The van der Waals surface area contributed by atoms with E-state index in [4.69, 9.17) is 4.74 Å². The Hall–Kier alpha value is -2.41. The summed E-state index contributed by atoms with van der Waals surface area (Å²) in [5.41, 5.74) is 1.98. The van der Waals surface area contributed by atoms with Crippen molar-refractivity contribution in [3.63, 3.8) is 0 Å². The van der Waals surface area contributed by atoms with Crippen LogP contribution in [0.25, 0.3) is 22.6 Å². The van der Waals surface area contributed by atoms with Gasteiger partial charge in [0.2, 0.25) is 0 Å². The maximum atomic E-state index is 12.3. The molecule has 0 bridgehead atoms. The predicted octanol–water partition coefficient (Wildman–Crippen LogP) is 2.44. The Balaban J connectivity index is 2.28. The summed E-state index contributed by atoms with van der Waals surface area (Å²) >= 11 is 0. The predicted molar refractivity (Wildman–Crippen MR) is 88.2 cm³/mol. The van der Waals surface area contributed by atoms with Gasteiger partial charge in [-0.1, -0.05) is 6.92 Å². The maximum Gasteiger partial charge on any atom is 0.180 e. The smallest absolute Gasteiger partial charge is 0.180 e. The molecule has 23 heavy (non-hydrogen) atoms. The Labute approximate surface area is 134 Å². The number of benzene rings is 1. The van der Waals surface area contributed by atoms with Gasteiger partial charge in [0, 0.05) is 19.3 Å². The second-order valence-electron chi connectivity index (χ2n) is 5.10. The number of rotatable bonds is 4. The molecule has 6 nitrogen and oxygen atoms in total. The van der Waals surface area contributed by atoms with E-state index >= 15 is 0 Å². The van der Waals surface area contributed by atoms with Crippen LogP contribution in [0.4, 0.5) is 0 Å². The van der Waals surface area contributed by atoms with Gasteiger partial charge in [-0.25, -0.2) is 13.4 Å². The van der Waals surface area contributed by atoms with E-state index in [1.165, 1.54) is 0 Å². The number of aryl methyl sites for hydroxylation is 1. The highest BCUT2D eigenvalue weighted by Crippen LogP contribution is 2.29. The Bertz CT molecular complexity index is 977. The lowest BCUT2D eigenvalue weighted by Crippen LogP contribution is -2.08. The van der Waals surface area contributed by atoms with E-state index in [-0.39, 0.29) is 10.6 Å². The minimum atomic E-state index is -3.38. The number of nitrogens with zero attached hydrogens (tertiary/aromatic N) is 3. The normalized spacial score (nSPS) is 11.8. The fourth-order valence-corrected chi connectivity index (χ4v) is 3.52. The van der Waals surface area contributed by atoms with Crippen LogP contribution in [-0.2, 0) is 16.9 Å². The average molecular weight is 331 g/mol. The quantitative estimate of drug-likeness (QED) is 0.734. The molecule has 3 rings (SSSR count). The van der Waals surface area contributed by atoms with Crippen LogP contribution in [0.15, 0.2) is 41.4 Å². The van der Waals surface area contributed by atoms with E-state index in [1.807, 2.05) is 29.8 Å². The third kappa shape index (κ3) is 2.57. The van der Waals surface area contributed by atoms with Crippen LogP contribution < -0.4 is 4.74 Å². The van der Waals surface area contributed by atoms with Crippen LogP contribution in [0, 0.1) is 0 Å². The average Bonchev–Trinajstić information content (AvgIpc) is 2.91. The monoisotopic (exact) mass is 331 g/mol. The Kier molecular flexibility index (Phi) is 3.81. The molecule has 0 aliphatic rings. The van der Waals surface area contributed by atoms with Gasteiger partial charge in [0.05, 0.1) is 28.8 Å². The van der Waals surface area contributed by atoms with Gasteiger partial charge in [0.15, 0.2) is 15.7 Å². The molecule has 0 amide bonds. The van der Waals surface area contributed by atoms with Gasteiger partial charge in [-0.3, -0.25) is 4.98 Å². The van der Waals surface area contributed by atoms with Crippen molar-refractivity contribution < 1.29 is 13.2 Å². The summed E-state index contributed by atoms with van der Waals surface area (Å²) in [6.45, 7) is 1.62. The number of methoxy groups -OCH3 is 1. The first-order valence-corrected chi connectivity index (χ1v) is 8.81. The molecule has 0 atom stereocenters. The number of fused-ring (bicyclic) bond motifs is 1. The molecule has 3 aromatic rings. The Morgan fingerprint density at radius 2 is 2.04 bits per heavy atom. The Morgan fingerprint density at radius 1 is 1.26 bits per heavy atom. The molecule has 0 saturated heterocycles. The van der Waals surface area contributed by atoms with Gasteiger partial charge < -0.3 is 9.30 Å². The molecule has 0 saturated carbocycles. The van der Waals surface area contributed by atoms with Gasteiger partial charge in [-0.15, -0.1) is 0 Å². The van der Waals surface area contributed by atoms with Crippen LogP contribution in [-0.4, -0.2) is 35.8 Å². The van der Waals surface area contributed by atoms with Crippen molar-refractivity contribution in [3.05, 3.63) is 36.5 Å². The summed E-state index contributed by atoms with van der Waals surface area (Å²) in [6.07, 6.45) is 1.57. The third-order valence-electron chi connectivity index (χ3n) is 3.79. The molecular formula is C16H17N3O3S. The van der Waals surface area contributed by atoms with Crippen LogP contribution >= 0.6 is 0 Å². The SMILES string of the molecule is CCS(=O)(=O)c1cccnc1-c1nc2cc(OC)ccc2n1C. The largest absolute Gasteiger partial charge is 0.497 e. The van der Waals surface area contributed by atoms with Crippen LogP contribution in [0.2, 0.25) is 0 Å².